The third kappa shape index (κ3) is 4.92. The molecule has 0 saturated heterocycles. The van der Waals surface area contributed by atoms with Gasteiger partial charge in [0.2, 0.25) is 0 Å². The maximum atomic E-state index is 12.3. The molecule has 0 unspecified atom stereocenters. The largest absolute Gasteiger partial charge is 0.463 e. The van der Waals surface area contributed by atoms with Gasteiger partial charge in [-0.05, 0) is 38.1 Å². The molecule has 2 aromatic carbocycles. The molecule has 0 aliphatic heterocycles. The summed E-state index contributed by atoms with van der Waals surface area (Å²) in [4.78, 5) is 12.3. The second kappa shape index (κ2) is 9.44. The van der Waals surface area contributed by atoms with Crippen molar-refractivity contribution in [2.24, 2.45) is 5.10 Å². The zero-order valence-corrected chi connectivity index (χ0v) is 18.0. The van der Waals surface area contributed by atoms with E-state index in [4.69, 9.17) is 4.42 Å². The molecule has 0 aliphatic rings. The summed E-state index contributed by atoms with van der Waals surface area (Å²) in [6.07, 6.45) is 1.56. The number of benzene rings is 2. The van der Waals surface area contributed by atoms with Gasteiger partial charge in [0.1, 0.15) is 11.5 Å². The molecule has 2 aromatic heterocycles. The number of carbonyl (C=O) groups excluding carboxylic acids is 1. The smallest absolute Gasteiger partial charge is 0.250 e. The second-order valence-corrected chi connectivity index (χ2v) is 7.78. The first-order chi connectivity index (χ1) is 15.1. The quantitative estimate of drug-likeness (QED) is 0.265. The van der Waals surface area contributed by atoms with E-state index in [1.165, 1.54) is 11.8 Å². The Hall–Kier alpha value is -3.65. The van der Waals surface area contributed by atoms with Crippen molar-refractivity contribution in [3.63, 3.8) is 0 Å². The first kappa shape index (κ1) is 20.6. The van der Waals surface area contributed by atoms with Gasteiger partial charge in [-0.15, -0.1) is 10.2 Å². The zero-order valence-electron chi connectivity index (χ0n) is 17.1. The van der Waals surface area contributed by atoms with E-state index in [9.17, 15) is 4.79 Å². The van der Waals surface area contributed by atoms with Gasteiger partial charge in [-0.2, -0.15) is 5.10 Å². The highest BCUT2D eigenvalue weighted by atomic mass is 32.2. The van der Waals surface area contributed by atoms with Crippen LogP contribution in [0.4, 0.5) is 0 Å². The van der Waals surface area contributed by atoms with Crippen LogP contribution in [0.25, 0.3) is 17.1 Å². The predicted molar refractivity (Wildman–Crippen MR) is 121 cm³/mol. The van der Waals surface area contributed by atoms with E-state index in [1.807, 2.05) is 66.1 Å². The van der Waals surface area contributed by atoms with Gasteiger partial charge in [-0.3, -0.25) is 9.36 Å². The fraction of sp³-hybridized carbons (Fsp3) is 0.130. The minimum absolute atomic E-state index is 0.147. The Morgan fingerprint density at radius 1 is 1.06 bits per heavy atom. The molecule has 0 bridgehead atoms. The number of thioether (sulfide) groups is 1. The minimum atomic E-state index is -0.240. The molecule has 0 saturated carbocycles. The summed E-state index contributed by atoms with van der Waals surface area (Å²) in [6.45, 7) is 3.81. The van der Waals surface area contributed by atoms with E-state index in [1.54, 1.807) is 25.3 Å². The molecule has 0 atom stereocenters. The van der Waals surface area contributed by atoms with Crippen LogP contribution in [0.5, 0.6) is 0 Å². The highest BCUT2D eigenvalue weighted by Crippen LogP contribution is 2.28. The number of furan rings is 1. The Morgan fingerprint density at radius 2 is 1.84 bits per heavy atom. The summed E-state index contributed by atoms with van der Waals surface area (Å²) in [5.41, 5.74) is 6.20. The van der Waals surface area contributed by atoms with Crippen LogP contribution in [0.15, 0.2) is 87.7 Å². The molecule has 0 fully saturated rings. The van der Waals surface area contributed by atoms with Crippen molar-refractivity contribution in [1.29, 1.82) is 0 Å². The number of amides is 1. The van der Waals surface area contributed by atoms with Crippen LogP contribution in [0, 0.1) is 6.92 Å². The fourth-order valence-corrected chi connectivity index (χ4v) is 3.66. The lowest BCUT2D eigenvalue weighted by atomic mass is 10.2. The maximum absolute atomic E-state index is 12.3. The highest BCUT2D eigenvalue weighted by molar-refractivity contribution is 7.99. The van der Waals surface area contributed by atoms with Crippen molar-refractivity contribution >= 4 is 23.4 Å². The Morgan fingerprint density at radius 3 is 2.55 bits per heavy atom. The number of hydrogen-bond acceptors (Lipinski definition) is 6. The van der Waals surface area contributed by atoms with Crippen LogP contribution in [-0.2, 0) is 4.79 Å². The second-order valence-electron chi connectivity index (χ2n) is 6.84. The van der Waals surface area contributed by atoms with Crippen LogP contribution in [-0.4, -0.2) is 32.1 Å². The molecule has 0 radical (unpaired) electrons. The lowest BCUT2D eigenvalue weighted by Gasteiger charge is -2.10. The molecular formula is C23H21N5O2S. The Kier molecular flexibility index (Phi) is 6.28. The van der Waals surface area contributed by atoms with E-state index in [0.717, 1.165) is 22.6 Å². The van der Waals surface area contributed by atoms with Gasteiger partial charge in [0.05, 0.1) is 12.0 Å². The number of nitrogens with one attached hydrogen (secondary N) is 1. The zero-order chi connectivity index (χ0) is 21.6. The molecule has 0 aliphatic carbocycles. The summed E-state index contributed by atoms with van der Waals surface area (Å²) in [5, 5.41) is 13.5. The van der Waals surface area contributed by atoms with Gasteiger partial charge in [0.15, 0.2) is 11.0 Å². The van der Waals surface area contributed by atoms with Gasteiger partial charge in [-0.1, -0.05) is 59.8 Å². The van der Waals surface area contributed by atoms with Crippen LogP contribution < -0.4 is 5.43 Å². The molecule has 7 nitrogen and oxygen atoms in total. The van der Waals surface area contributed by atoms with E-state index in [0.29, 0.717) is 16.6 Å². The SMILES string of the molecule is C/C(=N/NC(=O)CSc1nnc(-c2ccccc2)n1-c1ccc(C)cc1)c1ccco1. The molecule has 4 rings (SSSR count). The number of aryl methyl sites for hydroxylation is 1. The molecule has 4 aromatic rings. The minimum Gasteiger partial charge on any atom is -0.463 e. The monoisotopic (exact) mass is 431 g/mol. The van der Waals surface area contributed by atoms with Gasteiger partial charge in [0, 0.05) is 11.3 Å². The number of aromatic nitrogens is 3. The highest BCUT2D eigenvalue weighted by Gasteiger charge is 2.17. The topological polar surface area (TPSA) is 85.3 Å². The third-order valence-electron chi connectivity index (χ3n) is 4.52. The van der Waals surface area contributed by atoms with Crippen molar-refractivity contribution in [2.75, 3.05) is 5.75 Å². The first-order valence-corrected chi connectivity index (χ1v) is 10.7. The van der Waals surface area contributed by atoms with Crippen LogP contribution in [0.3, 0.4) is 0 Å². The van der Waals surface area contributed by atoms with Gasteiger partial charge in [0.25, 0.3) is 5.91 Å². The van der Waals surface area contributed by atoms with E-state index >= 15 is 0 Å². The number of hydrogen-bond donors (Lipinski definition) is 1. The number of carbonyl (C=O) groups is 1. The van der Waals surface area contributed by atoms with Crippen LogP contribution in [0.1, 0.15) is 18.2 Å². The maximum Gasteiger partial charge on any atom is 0.250 e. The van der Waals surface area contributed by atoms with Crippen molar-refractivity contribution in [3.8, 4) is 17.1 Å². The van der Waals surface area contributed by atoms with E-state index in [2.05, 4.69) is 20.7 Å². The Labute approximate surface area is 184 Å². The molecule has 0 spiro atoms. The lowest BCUT2D eigenvalue weighted by Crippen LogP contribution is -2.21. The van der Waals surface area contributed by atoms with E-state index < -0.39 is 0 Å². The normalized spacial score (nSPS) is 11.5. The lowest BCUT2D eigenvalue weighted by molar-refractivity contribution is -0.118. The number of hydrazone groups is 1. The number of rotatable bonds is 7. The summed E-state index contributed by atoms with van der Waals surface area (Å²) >= 11 is 1.30. The first-order valence-electron chi connectivity index (χ1n) is 9.69. The molecule has 156 valence electrons. The number of nitrogens with zero attached hydrogens (tertiary/aromatic N) is 4. The Bertz CT molecular complexity index is 1180. The summed E-state index contributed by atoms with van der Waals surface area (Å²) < 4.78 is 7.23. The van der Waals surface area contributed by atoms with Crippen LogP contribution >= 0.6 is 11.8 Å². The molecular weight excluding hydrogens is 410 g/mol. The summed E-state index contributed by atoms with van der Waals surface area (Å²) in [5.74, 6) is 1.24. The molecule has 31 heavy (non-hydrogen) atoms. The third-order valence-corrected chi connectivity index (χ3v) is 5.44. The van der Waals surface area contributed by atoms with Gasteiger partial charge in [-0.25, -0.2) is 5.43 Å². The van der Waals surface area contributed by atoms with Gasteiger partial charge < -0.3 is 4.42 Å². The summed E-state index contributed by atoms with van der Waals surface area (Å²) in [6, 6.07) is 21.5. The molecule has 8 heteroatoms. The Balaban J connectivity index is 1.54. The standard InChI is InChI=1S/C23H21N5O2S/c1-16-10-12-19(13-11-16)28-22(18-7-4-3-5-8-18)26-27-23(28)31-15-21(29)25-24-17(2)20-9-6-14-30-20/h3-14H,15H2,1-2H3,(H,25,29)/b24-17-. The van der Waals surface area contributed by atoms with Crippen molar-refractivity contribution in [3.05, 3.63) is 84.3 Å². The average molecular weight is 432 g/mol. The fourth-order valence-electron chi connectivity index (χ4n) is 2.91. The van der Waals surface area contributed by atoms with Crippen molar-refractivity contribution in [2.45, 2.75) is 19.0 Å². The van der Waals surface area contributed by atoms with Crippen molar-refractivity contribution < 1.29 is 9.21 Å². The molecule has 1 N–H and O–H groups in total. The average Bonchev–Trinajstić information content (AvgIpc) is 3.48. The predicted octanol–water partition coefficient (Wildman–Crippen LogP) is 4.47. The van der Waals surface area contributed by atoms with Crippen LogP contribution in [0.2, 0.25) is 0 Å². The van der Waals surface area contributed by atoms with Crippen molar-refractivity contribution in [1.82, 2.24) is 20.2 Å². The van der Waals surface area contributed by atoms with E-state index in [-0.39, 0.29) is 11.7 Å². The summed E-state index contributed by atoms with van der Waals surface area (Å²) in [7, 11) is 0. The van der Waals surface area contributed by atoms with Gasteiger partial charge >= 0.3 is 0 Å². The molecule has 1 amide bonds. The molecule has 2 heterocycles.